The third-order valence-electron chi connectivity index (χ3n) is 3.24. The number of carboxylic acids is 1. The standard InChI is InChI=1S/C14H16N6O3/c15-8-11(13(16)17)19-18-10-3-1-2-9(14(21)22)12(10)20-4-6-23-7-5-20/h1-3,18H,4-7H2,(H3,16,17)(H,21,22)/b19-11+. The Morgan fingerprint density at radius 2 is 2.17 bits per heavy atom. The highest BCUT2D eigenvalue weighted by Crippen LogP contribution is 2.31. The maximum absolute atomic E-state index is 11.5. The maximum Gasteiger partial charge on any atom is 0.337 e. The highest BCUT2D eigenvalue weighted by molar-refractivity contribution is 6.45. The fourth-order valence-electron chi connectivity index (χ4n) is 2.20. The summed E-state index contributed by atoms with van der Waals surface area (Å²) >= 11 is 0. The van der Waals surface area contributed by atoms with Gasteiger partial charge in [0.1, 0.15) is 6.07 Å². The molecular formula is C14H16N6O3. The molecule has 0 aliphatic carbocycles. The molecule has 9 nitrogen and oxygen atoms in total. The number of carboxylic acid groups (broad SMARTS) is 1. The number of nitrogens with one attached hydrogen (secondary N) is 2. The normalized spacial score (nSPS) is 14.9. The van der Waals surface area contributed by atoms with Crippen LogP contribution in [0, 0.1) is 16.7 Å². The van der Waals surface area contributed by atoms with E-state index in [2.05, 4.69) is 10.5 Å². The molecule has 1 aliphatic rings. The molecule has 5 N–H and O–H groups in total. The van der Waals surface area contributed by atoms with Gasteiger partial charge in [0.15, 0.2) is 5.84 Å². The molecule has 0 amide bonds. The number of benzene rings is 1. The van der Waals surface area contributed by atoms with Crippen LogP contribution in [-0.2, 0) is 4.74 Å². The van der Waals surface area contributed by atoms with Crippen LogP contribution < -0.4 is 16.1 Å². The van der Waals surface area contributed by atoms with E-state index in [1.54, 1.807) is 18.2 Å². The summed E-state index contributed by atoms with van der Waals surface area (Å²) in [5, 5.41) is 29.3. The molecule has 1 aromatic rings. The number of amidine groups is 1. The summed E-state index contributed by atoms with van der Waals surface area (Å²) in [6.45, 7) is 2.07. The third-order valence-corrected chi connectivity index (χ3v) is 3.24. The Balaban J connectivity index is 2.42. The van der Waals surface area contributed by atoms with Crippen LogP contribution in [-0.4, -0.2) is 48.9 Å². The Hall–Kier alpha value is -3.12. The third kappa shape index (κ3) is 3.75. The second kappa shape index (κ2) is 7.24. The zero-order valence-electron chi connectivity index (χ0n) is 12.2. The van der Waals surface area contributed by atoms with Crippen molar-refractivity contribution in [1.82, 2.24) is 0 Å². The number of ether oxygens (including phenoxy) is 1. The molecule has 1 aromatic carbocycles. The predicted molar refractivity (Wildman–Crippen MR) is 85.0 cm³/mol. The second-order valence-electron chi connectivity index (χ2n) is 4.70. The lowest BCUT2D eigenvalue weighted by Crippen LogP contribution is -2.37. The van der Waals surface area contributed by atoms with Crippen molar-refractivity contribution in [2.75, 3.05) is 36.6 Å². The minimum Gasteiger partial charge on any atom is -0.478 e. The van der Waals surface area contributed by atoms with E-state index in [1.165, 1.54) is 6.07 Å². The van der Waals surface area contributed by atoms with Gasteiger partial charge >= 0.3 is 5.97 Å². The van der Waals surface area contributed by atoms with Crippen molar-refractivity contribution in [3.05, 3.63) is 23.8 Å². The zero-order valence-corrected chi connectivity index (χ0v) is 12.2. The second-order valence-corrected chi connectivity index (χ2v) is 4.70. The first kappa shape index (κ1) is 16.3. The summed E-state index contributed by atoms with van der Waals surface area (Å²) in [5.41, 5.74) is 8.60. The molecule has 1 saturated heterocycles. The number of hydrogen-bond acceptors (Lipinski definition) is 7. The largest absolute Gasteiger partial charge is 0.478 e. The molecule has 23 heavy (non-hydrogen) atoms. The Kier molecular flexibility index (Phi) is 5.11. The molecule has 1 heterocycles. The van der Waals surface area contributed by atoms with Crippen molar-refractivity contribution in [1.29, 1.82) is 10.7 Å². The smallest absolute Gasteiger partial charge is 0.337 e. The number of morpholine rings is 1. The Morgan fingerprint density at radius 3 is 2.74 bits per heavy atom. The lowest BCUT2D eigenvalue weighted by Gasteiger charge is -2.31. The lowest BCUT2D eigenvalue weighted by atomic mass is 10.1. The molecule has 9 heteroatoms. The minimum atomic E-state index is -1.06. The highest BCUT2D eigenvalue weighted by Gasteiger charge is 2.21. The van der Waals surface area contributed by atoms with Crippen LogP contribution in [0.25, 0.3) is 0 Å². The number of aromatic carboxylic acids is 1. The van der Waals surface area contributed by atoms with E-state index < -0.39 is 11.8 Å². The Morgan fingerprint density at radius 1 is 1.48 bits per heavy atom. The first-order valence-corrected chi connectivity index (χ1v) is 6.81. The van der Waals surface area contributed by atoms with Gasteiger partial charge in [0.05, 0.1) is 30.2 Å². The molecule has 1 aliphatic heterocycles. The van der Waals surface area contributed by atoms with Crippen LogP contribution in [0.15, 0.2) is 23.3 Å². The van der Waals surface area contributed by atoms with E-state index in [-0.39, 0.29) is 11.3 Å². The van der Waals surface area contributed by atoms with Crippen molar-refractivity contribution in [2.45, 2.75) is 0 Å². The average molecular weight is 316 g/mol. The number of nitrogens with zero attached hydrogens (tertiary/aromatic N) is 3. The molecule has 2 rings (SSSR count). The van der Waals surface area contributed by atoms with Crippen molar-refractivity contribution in [2.24, 2.45) is 10.8 Å². The van der Waals surface area contributed by atoms with Gasteiger partial charge in [-0.3, -0.25) is 10.8 Å². The first-order chi connectivity index (χ1) is 11.0. The van der Waals surface area contributed by atoms with Gasteiger partial charge < -0.3 is 20.5 Å². The van der Waals surface area contributed by atoms with Crippen LogP contribution in [0.2, 0.25) is 0 Å². The summed E-state index contributed by atoms with van der Waals surface area (Å²) in [6, 6.07) is 6.42. The molecule has 0 saturated carbocycles. The summed E-state index contributed by atoms with van der Waals surface area (Å²) < 4.78 is 5.28. The summed E-state index contributed by atoms with van der Waals surface area (Å²) in [7, 11) is 0. The highest BCUT2D eigenvalue weighted by atomic mass is 16.5. The van der Waals surface area contributed by atoms with E-state index >= 15 is 0 Å². The monoisotopic (exact) mass is 316 g/mol. The number of hydrogen-bond donors (Lipinski definition) is 4. The fourth-order valence-corrected chi connectivity index (χ4v) is 2.20. The molecule has 0 unspecified atom stereocenters. The molecule has 0 aromatic heterocycles. The van der Waals surface area contributed by atoms with Gasteiger partial charge in [0.25, 0.3) is 0 Å². The number of hydrazone groups is 1. The van der Waals surface area contributed by atoms with Crippen molar-refractivity contribution in [3.8, 4) is 6.07 Å². The summed E-state index contributed by atoms with van der Waals surface area (Å²) in [6.07, 6.45) is 0. The molecule has 1 fully saturated rings. The SMILES string of the molecule is N#C/C(=N\Nc1cccc(C(=O)O)c1N1CCOCC1)C(=N)N. The van der Waals surface area contributed by atoms with E-state index in [4.69, 9.17) is 21.1 Å². The predicted octanol–water partition coefficient (Wildman–Crippen LogP) is 0.449. The number of para-hydroxylation sites is 1. The molecule has 0 radical (unpaired) electrons. The fraction of sp³-hybridized carbons (Fsp3) is 0.286. The number of nitrogens with two attached hydrogens (primary N) is 1. The van der Waals surface area contributed by atoms with Crippen molar-refractivity contribution < 1.29 is 14.6 Å². The Labute approximate surface area is 132 Å². The number of anilines is 2. The summed E-state index contributed by atoms with van der Waals surface area (Å²) in [4.78, 5) is 13.4. The van der Waals surface area contributed by atoms with E-state index in [9.17, 15) is 9.90 Å². The number of rotatable bonds is 5. The van der Waals surface area contributed by atoms with Crippen molar-refractivity contribution >= 4 is 28.9 Å². The zero-order chi connectivity index (χ0) is 16.8. The van der Waals surface area contributed by atoms with E-state index in [0.29, 0.717) is 37.7 Å². The lowest BCUT2D eigenvalue weighted by molar-refractivity contribution is 0.0696. The quantitative estimate of drug-likeness (QED) is 0.350. The minimum absolute atomic E-state index is 0.119. The van der Waals surface area contributed by atoms with Crippen LogP contribution in [0.1, 0.15) is 10.4 Å². The van der Waals surface area contributed by atoms with Gasteiger partial charge in [0.2, 0.25) is 5.71 Å². The topological polar surface area (TPSA) is 148 Å². The van der Waals surface area contributed by atoms with Gasteiger partial charge in [-0.05, 0) is 12.1 Å². The Bertz CT molecular complexity index is 688. The first-order valence-electron chi connectivity index (χ1n) is 6.81. The van der Waals surface area contributed by atoms with Gasteiger partial charge in [-0.15, -0.1) is 0 Å². The molecule has 120 valence electrons. The molecular weight excluding hydrogens is 300 g/mol. The molecule has 0 atom stereocenters. The van der Waals surface area contributed by atoms with E-state index in [0.717, 1.165) is 0 Å². The van der Waals surface area contributed by atoms with Crippen LogP contribution >= 0.6 is 0 Å². The average Bonchev–Trinajstić information content (AvgIpc) is 2.55. The summed E-state index contributed by atoms with van der Waals surface area (Å²) in [5.74, 6) is -1.53. The number of nitriles is 1. The van der Waals surface area contributed by atoms with Gasteiger partial charge in [-0.25, -0.2) is 4.79 Å². The number of carbonyl (C=O) groups is 1. The van der Waals surface area contributed by atoms with Crippen LogP contribution in [0.3, 0.4) is 0 Å². The van der Waals surface area contributed by atoms with Gasteiger partial charge in [-0.1, -0.05) is 6.07 Å². The van der Waals surface area contributed by atoms with Crippen LogP contribution in [0.5, 0.6) is 0 Å². The molecule has 0 spiro atoms. The van der Waals surface area contributed by atoms with Gasteiger partial charge in [0, 0.05) is 13.1 Å². The van der Waals surface area contributed by atoms with Crippen molar-refractivity contribution in [3.63, 3.8) is 0 Å². The van der Waals surface area contributed by atoms with E-state index in [1.807, 2.05) is 4.90 Å². The van der Waals surface area contributed by atoms with Gasteiger partial charge in [-0.2, -0.15) is 10.4 Å². The molecule has 0 bridgehead atoms. The van der Waals surface area contributed by atoms with Crippen LogP contribution in [0.4, 0.5) is 11.4 Å². The maximum atomic E-state index is 11.5.